The second-order valence-corrected chi connectivity index (χ2v) is 18.4. The van der Waals surface area contributed by atoms with Gasteiger partial charge in [0.2, 0.25) is 5.69 Å². The fourth-order valence-corrected chi connectivity index (χ4v) is 9.01. The topological polar surface area (TPSA) is 192 Å². The van der Waals surface area contributed by atoms with E-state index in [1.54, 1.807) is 30.3 Å². The van der Waals surface area contributed by atoms with Gasteiger partial charge in [-0.3, -0.25) is 4.55 Å². The maximum Gasteiger partial charge on any atom is 1.00 e. The smallest absolute Gasteiger partial charge is 0.748 e. The van der Waals surface area contributed by atoms with Crippen molar-refractivity contribution in [3.63, 3.8) is 0 Å². The molecule has 3 N–H and O–H groups in total. The largest absolute Gasteiger partial charge is 1.00 e. The van der Waals surface area contributed by atoms with Gasteiger partial charge >= 0.3 is 41.5 Å². The molecule has 0 amide bonds. The minimum absolute atomic E-state index is 0. The van der Waals surface area contributed by atoms with Crippen molar-refractivity contribution in [1.29, 1.82) is 0 Å². The van der Waals surface area contributed by atoms with E-state index in [0.717, 1.165) is 45.1 Å². The normalized spacial score (nSPS) is 19.1. The summed E-state index contributed by atoms with van der Waals surface area (Å²) < 4.78 is 67.6. The summed E-state index contributed by atoms with van der Waals surface area (Å²) >= 11 is 7.01. The molecular formula is C39H45ClN2NaO10S2+. The van der Waals surface area contributed by atoms with Gasteiger partial charge in [-0.05, 0) is 99.1 Å². The Labute approximate surface area is 349 Å². The molecular weight excluding hydrogens is 779 g/mol. The zero-order valence-corrected chi connectivity index (χ0v) is 36.0. The van der Waals surface area contributed by atoms with E-state index in [2.05, 4.69) is 4.58 Å². The van der Waals surface area contributed by atoms with Gasteiger partial charge in [-0.1, -0.05) is 37.6 Å². The molecule has 290 valence electrons. The van der Waals surface area contributed by atoms with Crippen LogP contribution in [-0.4, -0.2) is 83.0 Å². The van der Waals surface area contributed by atoms with E-state index in [1.165, 1.54) is 6.07 Å². The van der Waals surface area contributed by atoms with Gasteiger partial charge in [0.05, 0.1) is 32.4 Å². The van der Waals surface area contributed by atoms with Crippen molar-refractivity contribution in [2.24, 2.45) is 0 Å². The molecule has 0 saturated heterocycles. The Bertz CT molecular complexity index is 2270. The third-order valence-electron chi connectivity index (χ3n) is 10.4. The molecule has 0 spiro atoms. The van der Waals surface area contributed by atoms with Crippen LogP contribution in [0, 0.1) is 0 Å². The number of nitrogens with zero attached hydrogens (tertiary/aromatic N) is 2. The number of carboxylic acids is 2. The monoisotopic (exact) mass is 823 g/mol. The molecule has 2 aromatic carbocycles. The van der Waals surface area contributed by atoms with Crippen molar-refractivity contribution >= 4 is 60.9 Å². The maximum atomic E-state index is 11.8. The first-order valence-electron chi connectivity index (χ1n) is 17.7. The fraction of sp³-hybridized carbons (Fsp3) is 0.410. The summed E-state index contributed by atoms with van der Waals surface area (Å²) in [5.41, 5.74) is 5.94. The molecule has 55 heavy (non-hydrogen) atoms. The van der Waals surface area contributed by atoms with Crippen LogP contribution in [0.4, 0.5) is 11.4 Å². The van der Waals surface area contributed by atoms with E-state index >= 15 is 0 Å². The van der Waals surface area contributed by atoms with Crippen LogP contribution in [0.25, 0.3) is 0 Å². The average molecular weight is 824 g/mol. The molecule has 12 nitrogen and oxygen atoms in total. The van der Waals surface area contributed by atoms with Gasteiger partial charge < -0.3 is 19.7 Å². The summed E-state index contributed by atoms with van der Waals surface area (Å²) in [4.78, 5) is 25.7. The summed E-state index contributed by atoms with van der Waals surface area (Å²) in [6, 6.07) is 9.93. The molecule has 16 heteroatoms. The van der Waals surface area contributed by atoms with Crippen LogP contribution in [0.3, 0.4) is 0 Å². The Morgan fingerprint density at radius 1 is 0.855 bits per heavy atom. The molecule has 0 fully saturated rings. The SMILES string of the molecule is CC1(C)C(=CC=C2CCC(C=CC3=[N+](CCCCS(=O)(=O)O)c4ccc(C(=O)O)cc4C3(C)C)=C2Cl)N(CCCCS(=O)(=O)[O-])c2ccc(C(=O)O)cc21.[Na+]. The quantitative estimate of drug-likeness (QED) is 0.102. The molecule has 2 aliphatic heterocycles. The predicted molar refractivity (Wildman–Crippen MR) is 207 cm³/mol. The summed E-state index contributed by atoms with van der Waals surface area (Å²) in [5, 5.41) is 19.9. The Morgan fingerprint density at radius 2 is 1.47 bits per heavy atom. The van der Waals surface area contributed by atoms with Crippen molar-refractivity contribution < 1.29 is 79.9 Å². The Hall–Kier alpha value is -3.08. The molecule has 0 aromatic heterocycles. The number of hydrogen-bond acceptors (Lipinski definition) is 8. The van der Waals surface area contributed by atoms with Crippen LogP contribution >= 0.6 is 11.6 Å². The standard InChI is InChI=1S/C39H45ClN2O10S2.Na/c1-38(2)29-23-27(36(43)44)11-15-31(29)41(19-5-7-21-53(47,48)49)33(38)17-13-25-9-10-26(35(25)40)14-18-34-39(3,4)30-24-28(37(45)46)12-16-32(30)42(34)20-6-8-22-54(50,51)52;/h11-18,23-24H,5-10,19-22H2,1-4H3,(H3-,43,44,45,46,47,48,49,50,51,52);/q;+1. The van der Waals surface area contributed by atoms with Crippen molar-refractivity contribution in [3.8, 4) is 0 Å². The van der Waals surface area contributed by atoms with Gasteiger partial charge in [-0.2, -0.15) is 13.0 Å². The molecule has 0 bridgehead atoms. The second kappa shape index (κ2) is 17.2. The minimum Gasteiger partial charge on any atom is -0.748 e. The van der Waals surface area contributed by atoms with E-state index in [-0.39, 0.29) is 59.3 Å². The number of rotatable bonds is 15. The number of aromatic carboxylic acids is 2. The summed E-state index contributed by atoms with van der Waals surface area (Å²) in [6.07, 6.45) is 10.5. The van der Waals surface area contributed by atoms with Gasteiger partial charge in [0.15, 0.2) is 5.71 Å². The zero-order chi connectivity index (χ0) is 39.8. The van der Waals surface area contributed by atoms with Crippen molar-refractivity contribution in [3.05, 3.63) is 105 Å². The van der Waals surface area contributed by atoms with Gasteiger partial charge in [-0.25, -0.2) is 18.0 Å². The maximum absolute atomic E-state index is 11.8. The minimum atomic E-state index is -4.35. The average Bonchev–Trinajstić information content (AvgIpc) is 3.61. The molecule has 0 atom stereocenters. The number of allylic oxidation sites excluding steroid dienone is 8. The molecule has 0 unspecified atom stereocenters. The summed E-state index contributed by atoms with van der Waals surface area (Å²) in [7, 11) is -8.45. The Kier molecular flexibility index (Phi) is 13.9. The molecule has 1 aliphatic carbocycles. The van der Waals surface area contributed by atoms with Crippen LogP contribution in [0.1, 0.15) is 98.1 Å². The molecule has 5 rings (SSSR count). The van der Waals surface area contributed by atoms with E-state index < -0.39 is 48.8 Å². The van der Waals surface area contributed by atoms with E-state index in [0.29, 0.717) is 43.8 Å². The number of unbranched alkanes of at least 4 members (excludes halogenated alkanes) is 2. The Morgan fingerprint density at radius 3 is 2.09 bits per heavy atom. The summed E-state index contributed by atoms with van der Waals surface area (Å²) in [6.45, 7) is 8.86. The Balaban J connectivity index is 0.00000673. The first-order chi connectivity index (χ1) is 25.1. The van der Waals surface area contributed by atoms with Gasteiger partial charge in [-0.15, -0.1) is 0 Å². The first-order valence-corrected chi connectivity index (χ1v) is 21.2. The molecule has 2 aromatic rings. The molecule has 0 radical (unpaired) electrons. The molecule has 0 saturated carbocycles. The number of carbonyl (C=O) groups is 2. The van der Waals surface area contributed by atoms with Crippen LogP contribution < -0.4 is 34.5 Å². The number of benzene rings is 2. The third-order valence-corrected chi connectivity index (χ3v) is 12.5. The van der Waals surface area contributed by atoms with Crippen LogP contribution in [0.2, 0.25) is 0 Å². The van der Waals surface area contributed by atoms with Crippen LogP contribution in [0.5, 0.6) is 0 Å². The first kappa shape index (κ1) is 44.6. The van der Waals surface area contributed by atoms with Gasteiger partial charge in [0.1, 0.15) is 6.54 Å². The van der Waals surface area contributed by atoms with Crippen LogP contribution in [-0.2, 0) is 31.1 Å². The van der Waals surface area contributed by atoms with Crippen molar-refractivity contribution in [1.82, 2.24) is 0 Å². The van der Waals surface area contributed by atoms with Crippen molar-refractivity contribution in [2.75, 3.05) is 29.5 Å². The van der Waals surface area contributed by atoms with Gasteiger partial charge in [0.25, 0.3) is 10.1 Å². The van der Waals surface area contributed by atoms with E-state index in [1.807, 2.05) is 56.9 Å². The number of halogens is 1. The van der Waals surface area contributed by atoms with Crippen LogP contribution in [0.15, 0.2) is 82.6 Å². The molecule has 3 aliphatic rings. The number of hydrogen-bond donors (Lipinski definition) is 3. The van der Waals surface area contributed by atoms with E-state index in [9.17, 15) is 45.7 Å². The van der Waals surface area contributed by atoms with Gasteiger partial charge in [0, 0.05) is 58.3 Å². The zero-order valence-electron chi connectivity index (χ0n) is 31.6. The van der Waals surface area contributed by atoms with E-state index in [4.69, 9.17) is 11.6 Å². The number of anilines is 1. The third kappa shape index (κ3) is 10.1. The number of carboxylic acid groups (broad SMARTS) is 2. The van der Waals surface area contributed by atoms with Crippen molar-refractivity contribution in [2.45, 2.75) is 77.0 Å². The predicted octanol–water partition coefficient (Wildman–Crippen LogP) is 3.91. The summed E-state index contributed by atoms with van der Waals surface area (Å²) in [5.74, 6) is -2.91. The molecule has 2 heterocycles. The fourth-order valence-electron chi connectivity index (χ4n) is 7.57. The number of fused-ring (bicyclic) bond motifs is 2. The second-order valence-electron chi connectivity index (χ2n) is 14.9.